The van der Waals surface area contributed by atoms with Crippen LogP contribution in [-0.4, -0.2) is 9.97 Å². The van der Waals surface area contributed by atoms with Crippen LogP contribution in [0.15, 0.2) is 48.7 Å². The van der Waals surface area contributed by atoms with Crippen LogP contribution >= 0.6 is 11.6 Å². The van der Waals surface area contributed by atoms with Gasteiger partial charge >= 0.3 is 0 Å². The number of anilines is 4. The molecule has 0 aliphatic rings. The highest BCUT2D eigenvalue weighted by Gasteiger charge is 2.10. The van der Waals surface area contributed by atoms with Crippen molar-refractivity contribution in [3.05, 3.63) is 71.1 Å². The molecule has 0 amide bonds. The molecular weight excluding hydrogens is 341 g/mol. The molecular formula is C16H10ClF3N4. The summed E-state index contributed by atoms with van der Waals surface area (Å²) in [5, 5.41) is 5.35. The topological polar surface area (TPSA) is 49.8 Å². The Morgan fingerprint density at radius 3 is 2.33 bits per heavy atom. The van der Waals surface area contributed by atoms with E-state index < -0.39 is 17.5 Å². The molecule has 8 heteroatoms. The average molecular weight is 351 g/mol. The summed E-state index contributed by atoms with van der Waals surface area (Å²) in [7, 11) is 0. The number of benzene rings is 2. The first-order valence-electron chi connectivity index (χ1n) is 6.79. The molecule has 2 N–H and O–H groups in total. The molecule has 122 valence electrons. The zero-order valence-electron chi connectivity index (χ0n) is 12.0. The summed E-state index contributed by atoms with van der Waals surface area (Å²) in [6.45, 7) is 0. The number of halogens is 4. The Bertz CT molecular complexity index is 869. The Morgan fingerprint density at radius 1 is 0.875 bits per heavy atom. The summed E-state index contributed by atoms with van der Waals surface area (Å²) in [5.41, 5.74) is 0.155. The van der Waals surface area contributed by atoms with Gasteiger partial charge in [-0.05, 0) is 36.4 Å². The van der Waals surface area contributed by atoms with Crippen LogP contribution in [-0.2, 0) is 0 Å². The molecule has 3 aromatic rings. The van der Waals surface area contributed by atoms with Crippen molar-refractivity contribution < 1.29 is 13.2 Å². The van der Waals surface area contributed by atoms with E-state index in [0.29, 0.717) is 11.5 Å². The van der Waals surface area contributed by atoms with Crippen molar-refractivity contribution in [2.45, 2.75) is 0 Å². The van der Waals surface area contributed by atoms with Crippen molar-refractivity contribution >= 4 is 34.7 Å². The number of aromatic nitrogens is 2. The second-order valence-electron chi connectivity index (χ2n) is 4.74. The van der Waals surface area contributed by atoms with E-state index in [9.17, 15) is 13.2 Å². The van der Waals surface area contributed by atoms with Crippen molar-refractivity contribution in [2.24, 2.45) is 0 Å². The zero-order chi connectivity index (χ0) is 17.1. The summed E-state index contributed by atoms with van der Waals surface area (Å²) >= 11 is 5.71. The second kappa shape index (κ2) is 6.76. The number of nitrogens with zero attached hydrogens (tertiary/aromatic N) is 2. The van der Waals surface area contributed by atoms with Crippen molar-refractivity contribution in [3.8, 4) is 0 Å². The Labute approximate surface area is 140 Å². The minimum absolute atomic E-state index is 0.00258. The highest BCUT2D eigenvalue weighted by molar-refractivity contribution is 6.31. The third-order valence-corrected chi connectivity index (χ3v) is 3.34. The highest BCUT2D eigenvalue weighted by Crippen LogP contribution is 2.24. The standard InChI is InChI=1S/C16H10ClF3N4/c17-10-8-9(4-5-11(10)18)22-14-6-7-21-16(23-14)24-15-12(19)2-1-3-13(15)20/h1-8H,(H2,21,22,23,24). The largest absolute Gasteiger partial charge is 0.340 e. The summed E-state index contributed by atoms with van der Waals surface area (Å²) < 4.78 is 40.4. The van der Waals surface area contributed by atoms with Gasteiger partial charge in [0.15, 0.2) is 0 Å². The maximum atomic E-state index is 13.6. The minimum Gasteiger partial charge on any atom is -0.340 e. The lowest BCUT2D eigenvalue weighted by atomic mass is 10.3. The first kappa shape index (κ1) is 16.1. The predicted molar refractivity (Wildman–Crippen MR) is 86.4 cm³/mol. The van der Waals surface area contributed by atoms with Crippen molar-refractivity contribution in [1.29, 1.82) is 0 Å². The van der Waals surface area contributed by atoms with Crippen LogP contribution in [0.1, 0.15) is 0 Å². The van der Waals surface area contributed by atoms with Crippen LogP contribution < -0.4 is 10.6 Å². The van der Waals surface area contributed by atoms with Crippen molar-refractivity contribution in [3.63, 3.8) is 0 Å². The van der Waals surface area contributed by atoms with Crippen LogP contribution in [0.4, 0.5) is 36.3 Å². The van der Waals surface area contributed by atoms with E-state index in [2.05, 4.69) is 20.6 Å². The third-order valence-electron chi connectivity index (χ3n) is 3.05. The molecule has 0 atom stereocenters. The van der Waals surface area contributed by atoms with Gasteiger partial charge in [-0.15, -0.1) is 0 Å². The van der Waals surface area contributed by atoms with E-state index >= 15 is 0 Å². The molecule has 1 aromatic heterocycles. The maximum absolute atomic E-state index is 13.6. The van der Waals surface area contributed by atoms with Gasteiger partial charge in [-0.1, -0.05) is 17.7 Å². The summed E-state index contributed by atoms with van der Waals surface area (Å²) in [4.78, 5) is 8.00. The monoisotopic (exact) mass is 350 g/mol. The van der Waals surface area contributed by atoms with E-state index in [1.807, 2.05) is 0 Å². The van der Waals surface area contributed by atoms with Crippen LogP contribution in [0.2, 0.25) is 5.02 Å². The summed E-state index contributed by atoms with van der Waals surface area (Å²) in [5.74, 6) is -1.73. The van der Waals surface area contributed by atoms with Gasteiger partial charge in [0.05, 0.1) is 5.02 Å². The molecule has 0 spiro atoms. The molecule has 0 aliphatic heterocycles. The smallest absolute Gasteiger partial charge is 0.229 e. The van der Waals surface area contributed by atoms with Gasteiger partial charge in [0.25, 0.3) is 0 Å². The van der Waals surface area contributed by atoms with Crippen molar-refractivity contribution in [1.82, 2.24) is 9.97 Å². The Morgan fingerprint density at radius 2 is 1.62 bits per heavy atom. The fourth-order valence-electron chi connectivity index (χ4n) is 1.94. The Kier molecular flexibility index (Phi) is 4.52. The fourth-order valence-corrected chi connectivity index (χ4v) is 2.12. The lowest BCUT2D eigenvalue weighted by molar-refractivity contribution is 0.590. The number of nitrogens with one attached hydrogen (secondary N) is 2. The van der Waals surface area contributed by atoms with E-state index in [1.54, 1.807) is 6.07 Å². The SMILES string of the molecule is Fc1ccc(Nc2ccnc(Nc3c(F)cccc3F)n2)cc1Cl. The van der Waals surface area contributed by atoms with Crippen molar-refractivity contribution in [2.75, 3.05) is 10.6 Å². The van der Waals surface area contributed by atoms with Crippen LogP contribution in [0.3, 0.4) is 0 Å². The molecule has 0 bridgehead atoms. The van der Waals surface area contributed by atoms with E-state index in [1.165, 1.54) is 30.5 Å². The fraction of sp³-hybridized carbons (Fsp3) is 0. The van der Waals surface area contributed by atoms with E-state index in [4.69, 9.17) is 11.6 Å². The molecule has 0 saturated carbocycles. The first-order chi connectivity index (χ1) is 11.5. The third kappa shape index (κ3) is 3.57. The summed E-state index contributed by atoms with van der Waals surface area (Å²) in [6.07, 6.45) is 1.40. The molecule has 0 fully saturated rings. The van der Waals surface area contributed by atoms with E-state index in [-0.39, 0.29) is 16.7 Å². The molecule has 0 aliphatic carbocycles. The number of para-hydroxylation sites is 1. The molecule has 1 heterocycles. The number of hydrogen-bond donors (Lipinski definition) is 2. The normalized spacial score (nSPS) is 10.5. The highest BCUT2D eigenvalue weighted by atomic mass is 35.5. The van der Waals surface area contributed by atoms with Crippen LogP contribution in [0.5, 0.6) is 0 Å². The number of rotatable bonds is 4. The maximum Gasteiger partial charge on any atom is 0.229 e. The molecule has 4 nitrogen and oxygen atoms in total. The van der Waals surface area contributed by atoms with Gasteiger partial charge < -0.3 is 10.6 Å². The molecule has 3 rings (SSSR count). The second-order valence-corrected chi connectivity index (χ2v) is 5.15. The molecule has 0 unspecified atom stereocenters. The first-order valence-corrected chi connectivity index (χ1v) is 7.17. The molecule has 2 aromatic carbocycles. The lowest BCUT2D eigenvalue weighted by Crippen LogP contribution is -2.03. The molecule has 0 radical (unpaired) electrons. The summed E-state index contributed by atoms with van der Waals surface area (Å²) in [6, 6.07) is 9.12. The Hall–Kier alpha value is -2.80. The Balaban J connectivity index is 1.82. The van der Waals surface area contributed by atoms with Gasteiger partial charge in [-0.2, -0.15) is 4.98 Å². The van der Waals surface area contributed by atoms with Gasteiger partial charge in [0, 0.05) is 11.9 Å². The average Bonchev–Trinajstić information content (AvgIpc) is 2.55. The quantitative estimate of drug-likeness (QED) is 0.692. The van der Waals surface area contributed by atoms with E-state index in [0.717, 1.165) is 12.1 Å². The number of hydrogen-bond acceptors (Lipinski definition) is 4. The van der Waals surface area contributed by atoms with Gasteiger partial charge in [0.2, 0.25) is 5.95 Å². The molecule has 0 saturated heterocycles. The predicted octanol–water partition coefficient (Wildman–Crippen LogP) is 5.03. The zero-order valence-corrected chi connectivity index (χ0v) is 12.8. The van der Waals surface area contributed by atoms with Gasteiger partial charge in [0.1, 0.15) is 29.0 Å². The van der Waals surface area contributed by atoms with Crippen LogP contribution in [0.25, 0.3) is 0 Å². The lowest BCUT2D eigenvalue weighted by Gasteiger charge is -2.10. The van der Waals surface area contributed by atoms with Crippen LogP contribution in [0, 0.1) is 17.5 Å². The van der Waals surface area contributed by atoms with Gasteiger partial charge in [-0.25, -0.2) is 18.2 Å². The molecule has 24 heavy (non-hydrogen) atoms. The van der Waals surface area contributed by atoms with Gasteiger partial charge in [-0.3, -0.25) is 0 Å². The minimum atomic E-state index is -0.762.